The van der Waals surface area contributed by atoms with E-state index in [2.05, 4.69) is 60.0 Å². The van der Waals surface area contributed by atoms with Gasteiger partial charge in [-0.3, -0.25) is 0 Å². The smallest absolute Gasteiger partial charge is 0.0107 e. The van der Waals surface area contributed by atoms with Crippen molar-refractivity contribution in [1.29, 1.82) is 0 Å². The van der Waals surface area contributed by atoms with Crippen molar-refractivity contribution in [3.63, 3.8) is 0 Å². The molecule has 0 saturated carbocycles. The van der Waals surface area contributed by atoms with Gasteiger partial charge >= 0.3 is 0 Å². The lowest BCUT2D eigenvalue weighted by Crippen LogP contribution is -2.34. The second-order valence-corrected chi connectivity index (χ2v) is 5.73. The first-order valence-electron chi connectivity index (χ1n) is 7.78. The van der Waals surface area contributed by atoms with Crippen molar-refractivity contribution in [2.75, 3.05) is 6.54 Å². The largest absolute Gasteiger partial charge is 0.314 e. The van der Waals surface area contributed by atoms with Gasteiger partial charge in [-0.15, -0.1) is 0 Å². The van der Waals surface area contributed by atoms with E-state index in [0.29, 0.717) is 6.04 Å². The standard InChI is InChI=1S/C19H23N/c1-2-9-17(10-3-1)18-11-5-4-8-16(14-18)15-19-12-6-7-13-20-19/h1-4,8-11,14,19-20H,5-7,12-13,15H2. The van der Waals surface area contributed by atoms with E-state index in [1.54, 1.807) is 0 Å². The number of nitrogens with one attached hydrogen (secondary N) is 1. The Morgan fingerprint density at radius 3 is 2.80 bits per heavy atom. The number of hydrogen-bond donors (Lipinski definition) is 1. The lowest BCUT2D eigenvalue weighted by atomic mass is 9.95. The molecule has 1 aromatic carbocycles. The third kappa shape index (κ3) is 3.49. The summed E-state index contributed by atoms with van der Waals surface area (Å²) in [5.41, 5.74) is 4.14. The van der Waals surface area contributed by atoms with Crippen molar-refractivity contribution in [3.8, 4) is 0 Å². The molecule has 1 unspecified atom stereocenters. The molecular weight excluding hydrogens is 242 g/mol. The van der Waals surface area contributed by atoms with Gasteiger partial charge < -0.3 is 5.32 Å². The number of allylic oxidation sites excluding steroid dienone is 5. The number of hydrogen-bond acceptors (Lipinski definition) is 1. The van der Waals surface area contributed by atoms with Crippen LogP contribution in [0.2, 0.25) is 0 Å². The Balaban J connectivity index is 1.75. The Morgan fingerprint density at radius 2 is 2.00 bits per heavy atom. The molecule has 0 spiro atoms. The zero-order chi connectivity index (χ0) is 13.6. The number of piperidine rings is 1. The highest BCUT2D eigenvalue weighted by Crippen LogP contribution is 2.24. The minimum atomic E-state index is 0.662. The second kappa shape index (κ2) is 6.71. The molecule has 1 aliphatic carbocycles. The van der Waals surface area contributed by atoms with Crippen molar-refractivity contribution in [2.45, 2.75) is 38.1 Å². The fraction of sp³-hybridized carbons (Fsp3) is 0.368. The molecule has 1 atom stereocenters. The van der Waals surface area contributed by atoms with Gasteiger partial charge in [0.1, 0.15) is 0 Å². The monoisotopic (exact) mass is 265 g/mol. The summed E-state index contributed by atoms with van der Waals surface area (Å²) in [5.74, 6) is 0. The van der Waals surface area contributed by atoms with Crippen LogP contribution in [0.25, 0.3) is 5.57 Å². The fourth-order valence-electron chi connectivity index (χ4n) is 3.06. The predicted molar refractivity (Wildman–Crippen MR) is 86.5 cm³/mol. The van der Waals surface area contributed by atoms with Crippen LogP contribution >= 0.6 is 0 Å². The molecule has 1 N–H and O–H groups in total. The van der Waals surface area contributed by atoms with Crippen LogP contribution in [0, 0.1) is 0 Å². The quantitative estimate of drug-likeness (QED) is 0.849. The molecule has 1 aromatic rings. The average Bonchev–Trinajstić information content (AvgIpc) is 2.75. The summed E-state index contributed by atoms with van der Waals surface area (Å²) in [5, 5.41) is 3.65. The average molecular weight is 265 g/mol. The minimum absolute atomic E-state index is 0.662. The third-order valence-electron chi connectivity index (χ3n) is 4.15. The summed E-state index contributed by atoms with van der Waals surface area (Å²) >= 11 is 0. The van der Waals surface area contributed by atoms with Gasteiger partial charge in [0.05, 0.1) is 0 Å². The second-order valence-electron chi connectivity index (χ2n) is 5.73. The molecule has 1 nitrogen and oxygen atoms in total. The summed E-state index contributed by atoms with van der Waals surface area (Å²) in [7, 11) is 0. The van der Waals surface area contributed by atoms with Crippen LogP contribution in [-0.2, 0) is 0 Å². The highest BCUT2D eigenvalue weighted by Gasteiger charge is 2.14. The van der Waals surface area contributed by atoms with Gasteiger partial charge in [0.2, 0.25) is 0 Å². The summed E-state index contributed by atoms with van der Waals surface area (Å²) in [4.78, 5) is 0. The van der Waals surface area contributed by atoms with E-state index in [9.17, 15) is 0 Å². The molecule has 1 heterocycles. The Hall–Kier alpha value is -1.60. The molecular formula is C19H23N. The maximum Gasteiger partial charge on any atom is 0.0107 e. The number of rotatable bonds is 3. The van der Waals surface area contributed by atoms with E-state index in [1.807, 2.05) is 0 Å². The molecule has 0 bridgehead atoms. The van der Waals surface area contributed by atoms with Crippen molar-refractivity contribution in [3.05, 3.63) is 65.8 Å². The van der Waals surface area contributed by atoms with E-state index < -0.39 is 0 Å². The molecule has 104 valence electrons. The van der Waals surface area contributed by atoms with Crippen LogP contribution in [0.15, 0.2) is 60.2 Å². The molecule has 1 saturated heterocycles. The van der Waals surface area contributed by atoms with Gasteiger partial charge in [0.25, 0.3) is 0 Å². The molecule has 0 amide bonds. The Kier molecular flexibility index (Phi) is 4.49. The van der Waals surface area contributed by atoms with Gasteiger partial charge in [-0.1, -0.05) is 61.1 Å². The predicted octanol–water partition coefficient (Wildman–Crippen LogP) is 4.49. The van der Waals surface area contributed by atoms with Crippen molar-refractivity contribution in [2.24, 2.45) is 0 Å². The topological polar surface area (TPSA) is 12.0 Å². The molecule has 1 heteroatoms. The number of benzene rings is 1. The maximum atomic E-state index is 3.65. The lowest BCUT2D eigenvalue weighted by molar-refractivity contribution is 0.400. The van der Waals surface area contributed by atoms with Gasteiger partial charge in [-0.2, -0.15) is 0 Å². The Morgan fingerprint density at radius 1 is 1.10 bits per heavy atom. The van der Waals surface area contributed by atoms with E-state index in [1.165, 1.54) is 42.5 Å². The maximum absolute atomic E-state index is 3.65. The van der Waals surface area contributed by atoms with Crippen molar-refractivity contribution < 1.29 is 0 Å². The van der Waals surface area contributed by atoms with Gasteiger partial charge in [0, 0.05) is 6.04 Å². The Labute approximate surface area is 122 Å². The van der Waals surface area contributed by atoms with E-state index in [4.69, 9.17) is 0 Å². The van der Waals surface area contributed by atoms with Crippen molar-refractivity contribution >= 4 is 5.57 Å². The molecule has 2 aliphatic rings. The molecule has 0 aromatic heterocycles. The van der Waals surface area contributed by atoms with E-state index in [0.717, 1.165) is 12.8 Å². The van der Waals surface area contributed by atoms with Crippen LogP contribution in [0.1, 0.15) is 37.7 Å². The van der Waals surface area contributed by atoms with E-state index in [-0.39, 0.29) is 0 Å². The van der Waals surface area contributed by atoms with Crippen LogP contribution in [0.3, 0.4) is 0 Å². The fourth-order valence-corrected chi connectivity index (χ4v) is 3.06. The zero-order valence-corrected chi connectivity index (χ0v) is 12.0. The SMILES string of the molecule is C1=CC(CC2CCCCN2)=CC(c2ccccc2)=CC1. The molecule has 0 radical (unpaired) electrons. The van der Waals surface area contributed by atoms with Gasteiger partial charge in [0.15, 0.2) is 0 Å². The molecule has 1 aliphatic heterocycles. The van der Waals surface area contributed by atoms with Crippen LogP contribution in [-0.4, -0.2) is 12.6 Å². The highest BCUT2D eigenvalue weighted by molar-refractivity contribution is 5.75. The molecule has 1 fully saturated rings. The first-order valence-corrected chi connectivity index (χ1v) is 7.78. The summed E-state index contributed by atoms with van der Waals surface area (Å²) < 4.78 is 0. The summed E-state index contributed by atoms with van der Waals surface area (Å²) in [6, 6.07) is 11.4. The van der Waals surface area contributed by atoms with Gasteiger partial charge in [-0.25, -0.2) is 0 Å². The first kappa shape index (κ1) is 13.4. The normalized spacial score (nSPS) is 22.9. The van der Waals surface area contributed by atoms with Crippen LogP contribution < -0.4 is 5.32 Å². The zero-order valence-electron chi connectivity index (χ0n) is 12.0. The lowest BCUT2D eigenvalue weighted by Gasteiger charge is -2.23. The van der Waals surface area contributed by atoms with Crippen molar-refractivity contribution in [1.82, 2.24) is 5.32 Å². The summed E-state index contributed by atoms with van der Waals surface area (Å²) in [6.45, 7) is 1.18. The highest BCUT2D eigenvalue weighted by atomic mass is 14.9. The molecule has 20 heavy (non-hydrogen) atoms. The molecule has 3 rings (SSSR count). The minimum Gasteiger partial charge on any atom is -0.314 e. The Bertz CT molecular complexity index is 516. The van der Waals surface area contributed by atoms with Gasteiger partial charge in [-0.05, 0) is 48.9 Å². The first-order chi connectivity index (χ1) is 9.92. The van der Waals surface area contributed by atoms with Crippen LogP contribution in [0.5, 0.6) is 0 Å². The third-order valence-corrected chi connectivity index (χ3v) is 4.15. The van der Waals surface area contributed by atoms with E-state index >= 15 is 0 Å². The van der Waals surface area contributed by atoms with Crippen LogP contribution in [0.4, 0.5) is 0 Å². The summed E-state index contributed by atoms with van der Waals surface area (Å²) in [6.07, 6.45) is 15.5.